The fourth-order valence-electron chi connectivity index (χ4n) is 5.61. The first-order valence-electron chi connectivity index (χ1n) is 15.7. The minimum atomic E-state index is 0.167. The zero-order valence-electron chi connectivity index (χ0n) is 27.3. The van der Waals surface area contributed by atoms with Gasteiger partial charge < -0.3 is 0 Å². The first kappa shape index (κ1) is 33.3. The normalized spacial score (nSPS) is 13.0. The number of hydrogen-bond acceptors (Lipinski definition) is 0. The molecule has 0 bridgehead atoms. The van der Waals surface area contributed by atoms with Gasteiger partial charge in [0.1, 0.15) is 0 Å². The summed E-state index contributed by atoms with van der Waals surface area (Å²) in [6.07, 6.45) is 11.0. The Balaban J connectivity index is 0.000000154. The largest absolute Gasteiger partial charge is 0.273 e. The van der Waals surface area contributed by atoms with E-state index in [-0.39, 0.29) is 10.8 Å². The Morgan fingerprint density at radius 2 is 1.49 bits per heavy atom. The molecule has 0 aromatic heterocycles. The Morgan fingerprint density at radius 1 is 0.756 bits per heavy atom. The van der Waals surface area contributed by atoms with E-state index < -0.39 is 0 Å². The molecule has 0 spiro atoms. The molecule has 5 aromatic carbocycles. The van der Waals surface area contributed by atoms with Crippen molar-refractivity contribution in [2.75, 3.05) is 0 Å². The maximum absolute atomic E-state index is 6.09. The molecule has 0 atom stereocenters. The molecule has 0 unspecified atom stereocenters. The van der Waals surface area contributed by atoms with Crippen molar-refractivity contribution in [3.05, 3.63) is 166 Å². The van der Waals surface area contributed by atoms with Crippen LogP contribution in [0.1, 0.15) is 81.3 Å². The molecule has 2 aliphatic carbocycles. The van der Waals surface area contributed by atoms with Gasteiger partial charge in [-0.1, -0.05) is 65.3 Å². The number of rotatable bonds is 2. The van der Waals surface area contributed by atoms with Crippen LogP contribution in [0, 0.1) is 12.1 Å². The van der Waals surface area contributed by atoms with E-state index in [2.05, 4.69) is 139 Å². The molecule has 0 aliphatic heterocycles. The third kappa shape index (κ3) is 8.19. The van der Waals surface area contributed by atoms with Gasteiger partial charge >= 0.3 is 133 Å². The van der Waals surface area contributed by atoms with Gasteiger partial charge in [0.15, 0.2) is 0 Å². The Hall–Kier alpha value is -3.12. The first-order chi connectivity index (χ1) is 21.4. The molecule has 0 saturated carbocycles. The van der Waals surface area contributed by atoms with Crippen molar-refractivity contribution in [2.24, 2.45) is 0 Å². The Labute approximate surface area is 290 Å². The number of benzene rings is 5. The van der Waals surface area contributed by atoms with Gasteiger partial charge in [-0.05, 0) is 28.4 Å². The molecule has 0 nitrogen and oxygen atoms in total. The van der Waals surface area contributed by atoms with E-state index in [4.69, 9.17) is 11.6 Å². The molecule has 0 fully saturated rings. The second kappa shape index (κ2) is 14.1. The molecule has 5 aromatic rings. The molecular weight excluding hydrogens is 643 g/mol. The molecule has 0 amide bonds. The quantitative estimate of drug-likeness (QED) is 0.159. The van der Waals surface area contributed by atoms with Crippen LogP contribution in [0.2, 0.25) is 5.02 Å². The summed E-state index contributed by atoms with van der Waals surface area (Å²) in [7, 11) is 0. The van der Waals surface area contributed by atoms with E-state index in [1.165, 1.54) is 82.7 Å². The van der Waals surface area contributed by atoms with E-state index in [9.17, 15) is 0 Å². The summed E-state index contributed by atoms with van der Waals surface area (Å²) in [6, 6.07) is 38.2. The van der Waals surface area contributed by atoms with E-state index >= 15 is 0 Å². The summed E-state index contributed by atoms with van der Waals surface area (Å²) in [5, 5.41) is 3.37. The van der Waals surface area contributed by atoms with Crippen LogP contribution in [-0.4, -0.2) is 3.21 Å². The van der Waals surface area contributed by atoms with Crippen LogP contribution in [0.4, 0.5) is 0 Å². The topological polar surface area (TPSA) is 0 Å². The Morgan fingerprint density at radius 3 is 2.16 bits per heavy atom. The van der Waals surface area contributed by atoms with E-state index in [1.807, 2.05) is 30.4 Å². The van der Waals surface area contributed by atoms with Crippen LogP contribution in [0.5, 0.6) is 0 Å². The zero-order chi connectivity index (χ0) is 32.2. The van der Waals surface area contributed by atoms with Crippen molar-refractivity contribution >= 4 is 25.6 Å². The van der Waals surface area contributed by atoms with Crippen LogP contribution in [-0.2, 0) is 41.5 Å². The molecule has 0 N–H and O–H groups in total. The van der Waals surface area contributed by atoms with E-state index in [1.54, 1.807) is 0 Å². The van der Waals surface area contributed by atoms with Gasteiger partial charge in [-0.2, -0.15) is 29.8 Å². The predicted molar refractivity (Wildman–Crippen MR) is 191 cm³/mol. The van der Waals surface area contributed by atoms with Crippen molar-refractivity contribution in [2.45, 2.75) is 65.2 Å². The van der Waals surface area contributed by atoms with E-state index in [0.717, 1.165) is 17.9 Å². The average Bonchev–Trinajstić information content (AvgIpc) is 3.71. The van der Waals surface area contributed by atoms with Crippen LogP contribution in [0.15, 0.2) is 115 Å². The van der Waals surface area contributed by atoms with Crippen LogP contribution in [0.3, 0.4) is 0 Å². The van der Waals surface area contributed by atoms with Crippen molar-refractivity contribution in [1.29, 1.82) is 0 Å². The smallest absolute Gasteiger partial charge is 0.109 e. The van der Waals surface area contributed by atoms with Gasteiger partial charge in [0.2, 0.25) is 0 Å². The molecular formula is C43H41ClZr. The SMILES string of the molecule is CC(C)(C)c1[c-]c2c(cc1)-c1ccc(C(C)(C)C)cc1C2.Clc1cccc([C](=[Zr+2])c2cccc3ccccc23)c1.[C-]1=CC=CC1. The molecule has 224 valence electrons. The molecule has 7 rings (SSSR count). The third-order valence-electron chi connectivity index (χ3n) is 8.22. The number of hydrogen-bond donors (Lipinski definition) is 0. The van der Waals surface area contributed by atoms with Gasteiger partial charge in [-0.15, -0.1) is 17.5 Å². The standard InChI is InChI=1S/C21H25.C17H11Cl.C5H5.Zr/c1-20(2,3)16-7-9-18-14(12-16)11-15-13-17(21(4,5)6)8-10-19(15)18;18-16-9-3-5-13(12-16)11-15-8-4-7-14-6-1-2-10-17(14)15;1-2-4-5-3-1;/h7-10,12H,11H2,1-6H3;1-10,12H;1-3H,4H2;/q-1;;-1;+2. The summed E-state index contributed by atoms with van der Waals surface area (Å²) in [5.74, 6) is 0. The fraction of sp³-hybridized carbons (Fsp3) is 0.233. The van der Waals surface area contributed by atoms with Crippen molar-refractivity contribution in [3.63, 3.8) is 0 Å². The summed E-state index contributed by atoms with van der Waals surface area (Å²) in [5.41, 5.74) is 11.2. The summed E-state index contributed by atoms with van der Waals surface area (Å²) in [4.78, 5) is 0. The fourth-order valence-corrected chi connectivity index (χ4v) is 6.72. The predicted octanol–water partition coefficient (Wildman–Crippen LogP) is 11.6. The van der Waals surface area contributed by atoms with Gasteiger partial charge in [-0.25, -0.2) is 12.2 Å². The van der Waals surface area contributed by atoms with Crippen molar-refractivity contribution in [3.8, 4) is 11.1 Å². The second-order valence-electron chi connectivity index (χ2n) is 13.7. The number of allylic oxidation sites excluding steroid dienone is 4. The maximum Gasteiger partial charge on any atom is -0.109 e. The molecule has 2 aliphatic rings. The molecule has 0 saturated heterocycles. The zero-order valence-corrected chi connectivity index (χ0v) is 30.5. The summed E-state index contributed by atoms with van der Waals surface area (Å²) < 4.78 is 1.34. The second-order valence-corrected chi connectivity index (χ2v) is 15.4. The van der Waals surface area contributed by atoms with Gasteiger partial charge in [0, 0.05) is 0 Å². The van der Waals surface area contributed by atoms with Crippen LogP contribution < -0.4 is 0 Å². The molecule has 0 heterocycles. The average molecular weight is 684 g/mol. The Bertz CT molecular complexity index is 1820. The minimum absolute atomic E-state index is 0.167. The number of halogens is 1. The Kier molecular flexibility index (Phi) is 10.4. The molecule has 0 radical (unpaired) electrons. The summed E-state index contributed by atoms with van der Waals surface area (Å²) in [6.45, 7) is 13.6. The summed E-state index contributed by atoms with van der Waals surface area (Å²) >= 11 is 7.49. The molecule has 45 heavy (non-hydrogen) atoms. The van der Waals surface area contributed by atoms with Gasteiger partial charge in [0.05, 0.1) is 0 Å². The monoisotopic (exact) mass is 682 g/mol. The minimum Gasteiger partial charge on any atom is -0.273 e. The first-order valence-corrected chi connectivity index (χ1v) is 17.3. The van der Waals surface area contributed by atoms with Crippen molar-refractivity contribution < 1.29 is 24.2 Å². The molecule has 2 heteroatoms. The van der Waals surface area contributed by atoms with Crippen LogP contribution in [0.25, 0.3) is 21.9 Å². The number of fused-ring (bicyclic) bond motifs is 4. The third-order valence-corrected chi connectivity index (χ3v) is 9.83. The maximum atomic E-state index is 6.09. The van der Waals surface area contributed by atoms with E-state index in [0.29, 0.717) is 0 Å². The van der Waals surface area contributed by atoms with Crippen molar-refractivity contribution in [1.82, 2.24) is 0 Å². The van der Waals surface area contributed by atoms with Gasteiger partial charge in [0.25, 0.3) is 0 Å². The van der Waals surface area contributed by atoms with Gasteiger partial charge in [-0.3, -0.25) is 6.08 Å². The van der Waals surface area contributed by atoms with Crippen LogP contribution >= 0.6 is 11.6 Å².